The molecular formula is C25H33N3O3S. The van der Waals surface area contributed by atoms with Crippen LogP contribution in [-0.2, 0) is 22.6 Å². The second-order valence-corrected chi connectivity index (χ2v) is 9.95. The summed E-state index contributed by atoms with van der Waals surface area (Å²) in [6.45, 7) is 3.85. The van der Waals surface area contributed by atoms with Crippen molar-refractivity contribution in [2.24, 2.45) is 5.92 Å². The van der Waals surface area contributed by atoms with Crippen LogP contribution in [0.25, 0.3) is 0 Å². The van der Waals surface area contributed by atoms with Crippen molar-refractivity contribution >= 4 is 23.2 Å². The summed E-state index contributed by atoms with van der Waals surface area (Å²) in [6.07, 6.45) is 7.62. The molecular weight excluding hydrogens is 422 g/mol. The monoisotopic (exact) mass is 455 g/mol. The van der Waals surface area contributed by atoms with Crippen molar-refractivity contribution in [3.63, 3.8) is 0 Å². The highest BCUT2D eigenvalue weighted by atomic mass is 32.1. The van der Waals surface area contributed by atoms with E-state index in [1.807, 2.05) is 41.5 Å². The third-order valence-corrected chi connectivity index (χ3v) is 7.36. The quantitative estimate of drug-likeness (QED) is 0.677. The molecule has 0 radical (unpaired) electrons. The first-order chi connectivity index (χ1) is 15.6. The van der Waals surface area contributed by atoms with Crippen LogP contribution in [0.4, 0.5) is 0 Å². The van der Waals surface area contributed by atoms with E-state index in [0.29, 0.717) is 26.1 Å². The maximum Gasteiger partial charge on any atom is 0.228 e. The molecule has 0 bridgehead atoms. The molecule has 2 aliphatic rings. The number of aryl methyl sites for hydroxylation is 1. The van der Waals surface area contributed by atoms with Crippen LogP contribution in [0.1, 0.15) is 61.2 Å². The number of hydrogen-bond acceptors (Lipinski definition) is 5. The molecule has 1 saturated carbocycles. The molecule has 2 aromatic rings. The number of nitrogens with one attached hydrogen (secondary N) is 1. The van der Waals surface area contributed by atoms with E-state index in [0.717, 1.165) is 42.1 Å². The van der Waals surface area contributed by atoms with Crippen LogP contribution in [0, 0.1) is 12.8 Å². The zero-order valence-electron chi connectivity index (χ0n) is 18.8. The maximum absolute atomic E-state index is 12.7. The Kier molecular flexibility index (Phi) is 7.79. The van der Waals surface area contributed by atoms with Gasteiger partial charge in [0, 0.05) is 30.4 Å². The Labute approximate surface area is 194 Å². The molecule has 1 saturated heterocycles. The number of benzene rings is 1. The molecule has 32 heavy (non-hydrogen) atoms. The van der Waals surface area contributed by atoms with Gasteiger partial charge in [0.05, 0.1) is 12.1 Å². The van der Waals surface area contributed by atoms with Gasteiger partial charge >= 0.3 is 0 Å². The van der Waals surface area contributed by atoms with Crippen molar-refractivity contribution in [2.45, 2.75) is 70.9 Å². The molecule has 0 spiro atoms. The van der Waals surface area contributed by atoms with Gasteiger partial charge in [-0.1, -0.05) is 37.0 Å². The molecule has 0 atom stereocenters. The SMILES string of the molecule is Cc1ccc(OCc2nc(CC(=O)N3CCC(NC(=O)C4CCCCC4)CC3)cs2)cc1. The van der Waals surface area contributed by atoms with Gasteiger partial charge in [0.2, 0.25) is 11.8 Å². The van der Waals surface area contributed by atoms with Crippen LogP contribution >= 0.6 is 11.3 Å². The smallest absolute Gasteiger partial charge is 0.228 e. The lowest BCUT2D eigenvalue weighted by atomic mass is 9.88. The standard InChI is InChI=1S/C25H33N3O3S/c1-18-7-9-22(10-8-18)31-16-23-26-21(17-32-23)15-24(29)28-13-11-20(12-14-28)27-25(30)19-5-3-2-4-6-19/h7-10,17,19-20H,2-6,11-16H2,1H3,(H,27,30). The highest BCUT2D eigenvalue weighted by Crippen LogP contribution is 2.24. The van der Waals surface area contributed by atoms with Gasteiger partial charge in [0.1, 0.15) is 17.4 Å². The molecule has 2 heterocycles. The average Bonchev–Trinajstić information content (AvgIpc) is 3.27. The van der Waals surface area contributed by atoms with Gasteiger partial charge in [-0.25, -0.2) is 4.98 Å². The predicted molar refractivity (Wildman–Crippen MR) is 126 cm³/mol. The summed E-state index contributed by atoms with van der Waals surface area (Å²) in [5.74, 6) is 1.34. The predicted octanol–water partition coefficient (Wildman–Crippen LogP) is 4.26. The molecule has 1 aliphatic carbocycles. The maximum atomic E-state index is 12.7. The third-order valence-electron chi connectivity index (χ3n) is 6.48. The Morgan fingerprint density at radius 2 is 1.81 bits per heavy atom. The number of amides is 2. The van der Waals surface area contributed by atoms with E-state index in [9.17, 15) is 9.59 Å². The molecule has 6 nitrogen and oxygen atoms in total. The molecule has 1 aromatic carbocycles. The van der Waals surface area contributed by atoms with E-state index < -0.39 is 0 Å². The molecule has 2 fully saturated rings. The van der Waals surface area contributed by atoms with E-state index in [2.05, 4.69) is 10.3 Å². The molecule has 1 N–H and O–H groups in total. The lowest BCUT2D eigenvalue weighted by Gasteiger charge is -2.33. The van der Waals surface area contributed by atoms with Crippen LogP contribution in [0.5, 0.6) is 5.75 Å². The summed E-state index contributed by atoms with van der Waals surface area (Å²) in [5.41, 5.74) is 2.00. The number of aromatic nitrogens is 1. The van der Waals surface area contributed by atoms with E-state index in [1.54, 1.807) is 0 Å². The molecule has 172 valence electrons. The number of hydrogen-bond donors (Lipinski definition) is 1. The summed E-state index contributed by atoms with van der Waals surface area (Å²) in [6, 6.07) is 8.14. The summed E-state index contributed by atoms with van der Waals surface area (Å²) >= 11 is 1.53. The minimum absolute atomic E-state index is 0.110. The van der Waals surface area contributed by atoms with Crippen LogP contribution < -0.4 is 10.1 Å². The number of piperidine rings is 1. The Balaban J connectivity index is 1.18. The van der Waals surface area contributed by atoms with E-state index in [4.69, 9.17) is 4.74 Å². The van der Waals surface area contributed by atoms with Gasteiger partial charge in [0.25, 0.3) is 0 Å². The fourth-order valence-corrected chi connectivity index (χ4v) is 5.20. The van der Waals surface area contributed by atoms with Gasteiger partial charge in [-0.3, -0.25) is 9.59 Å². The highest BCUT2D eigenvalue weighted by molar-refractivity contribution is 7.09. The Bertz CT molecular complexity index is 897. The fourth-order valence-electron chi connectivity index (χ4n) is 4.50. The third kappa shape index (κ3) is 6.31. The minimum Gasteiger partial charge on any atom is -0.486 e. The summed E-state index contributed by atoms with van der Waals surface area (Å²) < 4.78 is 5.79. The first-order valence-electron chi connectivity index (χ1n) is 11.8. The van der Waals surface area contributed by atoms with Crippen molar-refractivity contribution in [1.29, 1.82) is 0 Å². The summed E-state index contributed by atoms with van der Waals surface area (Å²) in [5, 5.41) is 6.05. The van der Waals surface area contributed by atoms with Crippen molar-refractivity contribution in [2.75, 3.05) is 13.1 Å². The largest absolute Gasteiger partial charge is 0.486 e. The average molecular weight is 456 g/mol. The summed E-state index contributed by atoms with van der Waals surface area (Å²) in [7, 11) is 0. The molecule has 1 aromatic heterocycles. The van der Waals surface area contributed by atoms with Gasteiger partial charge in [0.15, 0.2) is 0 Å². The second-order valence-electron chi connectivity index (χ2n) is 9.01. The van der Waals surface area contributed by atoms with E-state index in [1.165, 1.54) is 36.2 Å². The Morgan fingerprint density at radius 1 is 1.09 bits per heavy atom. The molecule has 0 unspecified atom stereocenters. The van der Waals surface area contributed by atoms with Gasteiger partial charge < -0.3 is 15.0 Å². The zero-order valence-corrected chi connectivity index (χ0v) is 19.7. The van der Waals surface area contributed by atoms with Crippen LogP contribution in [-0.4, -0.2) is 40.8 Å². The van der Waals surface area contributed by atoms with Crippen LogP contribution in [0.3, 0.4) is 0 Å². The lowest BCUT2D eigenvalue weighted by Crippen LogP contribution is -2.48. The van der Waals surface area contributed by atoms with Crippen molar-refractivity contribution in [1.82, 2.24) is 15.2 Å². The molecule has 1 aliphatic heterocycles. The van der Waals surface area contributed by atoms with Crippen molar-refractivity contribution in [3.05, 3.63) is 45.9 Å². The molecule has 7 heteroatoms. The number of carbonyl (C=O) groups excluding carboxylic acids is 2. The Morgan fingerprint density at radius 3 is 2.53 bits per heavy atom. The molecule has 2 amide bonds. The van der Waals surface area contributed by atoms with E-state index in [-0.39, 0.29) is 23.8 Å². The van der Waals surface area contributed by atoms with Crippen molar-refractivity contribution in [3.8, 4) is 5.75 Å². The highest BCUT2D eigenvalue weighted by Gasteiger charge is 2.27. The number of rotatable bonds is 7. The molecule has 4 rings (SSSR count). The van der Waals surface area contributed by atoms with E-state index >= 15 is 0 Å². The Hall–Kier alpha value is -2.41. The van der Waals surface area contributed by atoms with Crippen molar-refractivity contribution < 1.29 is 14.3 Å². The van der Waals surface area contributed by atoms with Crippen LogP contribution in [0.2, 0.25) is 0 Å². The van der Waals surface area contributed by atoms with Gasteiger partial charge in [-0.05, 0) is 44.7 Å². The normalized spacial score (nSPS) is 17.8. The number of ether oxygens (including phenoxy) is 1. The first kappa shape index (κ1) is 22.8. The topological polar surface area (TPSA) is 71.5 Å². The number of thiazole rings is 1. The fraction of sp³-hybridized carbons (Fsp3) is 0.560. The lowest BCUT2D eigenvalue weighted by molar-refractivity contribution is -0.132. The number of likely N-dealkylation sites (tertiary alicyclic amines) is 1. The number of carbonyl (C=O) groups is 2. The van der Waals surface area contributed by atoms with Crippen LogP contribution in [0.15, 0.2) is 29.6 Å². The van der Waals surface area contributed by atoms with Gasteiger partial charge in [-0.15, -0.1) is 11.3 Å². The number of nitrogens with zero attached hydrogens (tertiary/aromatic N) is 2. The minimum atomic E-state index is 0.110. The first-order valence-corrected chi connectivity index (χ1v) is 12.7. The van der Waals surface area contributed by atoms with Gasteiger partial charge in [-0.2, -0.15) is 0 Å². The second kappa shape index (κ2) is 10.9. The zero-order chi connectivity index (χ0) is 22.3. The summed E-state index contributed by atoms with van der Waals surface area (Å²) in [4.78, 5) is 31.7.